The highest BCUT2D eigenvalue weighted by Crippen LogP contribution is 2.15. The van der Waals surface area contributed by atoms with Crippen molar-refractivity contribution < 1.29 is 13.2 Å². The van der Waals surface area contributed by atoms with E-state index in [4.69, 9.17) is 10.9 Å². The van der Waals surface area contributed by atoms with E-state index in [1.807, 2.05) is 0 Å². The fourth-order valence-electron chi connectivity index (χ4n) is 1.52. The number of amides is 1. The number of nitrogens with two attached hydrogens (primary N) is 2. The molecule has 1 heterocycles. The second kappa shape index (κ2) is 5.27. The number of anilines is 2. The Morgan fingerprint density at radius 1 is 1.15 bits per heavy atom. The van der Waals surface area contributed by atoms with E-state index in [2.05, 4.69) is 10.3 Å². The largest absolute Gasteiger partial charge is 0.398 e. The van der Waals surface area contributed by atoms with E-state index >= 15 is 0 Å². The lowest BCUT2D eigenvalue weighted by molar-refractivity contribution is 0.102. The molecule has 1 aromatic carbocycles. The zero-order valence-corrected chi connectivity index (χ0v) is 11.1. The van der Waals surface area contributed by atoms with Gasteiger partial charge in [-0.25, -0.2) is 13.6 Å². The molecule has 0 saturated carbocycles. The van der Waals surface area contributed by atoms with Crippen molar-refractivity contribution in [2.75, 3.05) is 11.1 Å². The Balaban J connectivity index is 2.19. The summed E-state index contributed by atoms with van der Waals surface area (Å²) in [6.07, 6.45) is 2.83. The number of pyridine rings is 1. The first-order valence-electron chi connectivity index (χ1n) is 5.51. The third kappa shape index (κ3) is 3.11. The minimum Gasteiger partial charge on any atom is -0.398 e. The molecule has 7 nitrogen and oxygen atoms in total. The topological polar surface area (TPSA) is 128 Å². The molecule has 2 rings (SSSR count). The van der Waals surface area contributed by atoms with Crippen molar-refractivity contribution in [2.24, 2.45) is 5.14 Å². The van der Waals surface area contributed by atoms with Gasteiger partial charge in [0.25, 0.3) is 5.91 Å². The summed E-state index contributed by atoms with van der Waals surface area (Å²) in [4.78, 5) is 15.7. The Morgan fingerprint density at radius 3 is 2.35 bits per heavy atom. The van der Waals surface area contributed by atoms with Crippen LogP contribution < -0.4 is 16.2 Å². The second-order valence-corrected chi connectivity index (χ2v) is 5.55. The minimum atomic E-state index is -3.75. The molecule has 0 atom stereocenters. The molecule has 8 heteroatoms. The van der Waals surface area contributed by atoms with Gasteiger partial charge in [-0.05, 0) is 30.3 Å². The van der Waals surface area contributed by atoms with E-state index in [9.17, 15) is 13.2 Å². The number of primary sulfonamides is 1. The van der Waals surface area contributed by atoms with Gasteiger partial charge in [0.05, 0.1) is 10.5 Å². The third-order valence-electron chi connectivity index (χ3n) is 2.54. The molecule has 0 fully saturated rings. The van der Waals surface area contributed by atoms with Gasteiger partial charge in [0.2, 0.25) is 10.0 Å². The zero-order chi connectivity index (χ0) is 14.8. The van der Waals surface area contributed by atoms with Gasteiger partial charge >= 0.3 is 0 Å². The number of rotatable bonds is 3. The second-order valence-electron chi connectivity index (χ2n) is 3.99. The van der Waals surface area contributed by atoms with Crippen molar-refractivity contribution >= 4 is 27.3 Å². The summed E-state index contributed by atoms with van der Waals surface area (Å²) in [6.45, 7) is 0. The first-order valence-corrected chi connectivity index (χ1v) is 7.06. The van der Waals surface area contributed by atoms with E-state index in [0.29, 0.717) is 11.4 Å². The number of nitrogens with one attached hydrogen (secondary N) is 1. The predicted molar refractivity (Wildman–Crippen MR) is 74.4 cm³/mol. The fraction of sp³-hybridized carbons (Fsp3) is 0. The summed E-state index contributed by atoms with van der Waals surface area (Å²) in [7, 11) is -3.75. The molecular formula is C12H12N4O3S. The summed E-state index contributed by atoms with van der Waals surface area (Å²) in [6, 6.07) is 6.99. The van der Waals surface area contributed by atoms with Gasteiger partial charge in [0.15, 0.2) is 0 Å². The third-order valence-corrected chi connectivity index (χ3v) is 3.47. The standard InChI is InChI=1S/C12H12N4O3S/c13-11-5-6-15-7-10(11)12(17)16-8-1-3-9(4-2-8)20(14,18)19/h1-7H,(H2,13,15)(H,16,17)(H2,14,18,19). The summed E-state index contributed by atoms with van der Waals surface area (Å²) >= 11 is 0. The monoisotopic (exact) mass is 292 g/mol. The van der Waals surface area contributed by atoms with Gasteiger partial charge < -0.3 is 11.1 Å². The number of sulfonamides is 1. The van der Waals surface area contributed by atoms with E-state index in [1.54, 1.807) is 0 Å². The van der Waals surface area contributed by atoms with Crippen molar-refractivity contribution in [3.63, 3.8) is 0 Å². The van der Waals surface area contributed by atoms with E-state index in [-0.39, 0.29) is 10.5 Å². The average molecular weight is 292 g/mol. The number of benzene rings is 1. The van der Waals surface area contributed by atoms with Crippen LogP contribution in [0.3, 0.4) is 0 Å². The van der Waals surface area contributed by atoms with Gasteiger partial charge in [-0.1, -0.05) is 0 Å². The van der Waals surface area contributed by atoms with Crippen LogP contribution in [0, 0.1) is 0 Å². The maximum absolute atomic E-state index is 11.9. The van der Waals surface area contributed by atoms with Crippen molar-refractivity contribution in [3.8, 4) is 0 Å². The molecule has 0 aliphatic rings. The number of nitrogen functional groups attached to an aromatic ring is 1. The quantitative estimate of drug-likeness (QED) is 0.761. The number of aromatic nitrogens is 1. The van der Waals surface area contributed by atoms with Gasteiger partial charge in [0.1, 0.15) is 0 Å². The maximum atomic E-state index is 11.9. The zero-order valence-electron chi connectivity index (χ0n) is 10.3. The highest BCUT2D eigenvalue weighted by Gasteiger charge is 2.11. The summed E-state index contributed by atoms with van der Waals surface area (Å²) in [5.74, 6) is -0.432. The molecule has 1 amide bonds. The summed E-state index contributed by atoms with van der Waals surface area (Å²) in [5.41, 5.74) is 6.62. The molecule has 20 heavy (non-hydrogen) atoms. The van der Waals surface area contributed by atoms with Crippen LogP contribution in [-0.2, 0) is 10.0 Å². The molecule has 0 unspecified atom stereocenters. The van der Waals surface area contributed by atoms with Crippen LogP contribution in [0.25, 0.3) is 0 Å². The van der Waals surface area contributed by atoms with Crippen LogP contribution in [0.5, 0.6) is 0 Å². The lowest BCUT2D eigenvalue weighted by atomic mass is 10.2. The van der Waals surface area contributed by atoms with Crippen molar-refractivity contribution in [1.29, 1.82) is 0 Å². The smallest absolute Gasteiger partial charge is 0.259 e. The fourth-order valence-corrected chi connectivity index (χ4v) is 2.04. The average Bonchev–Trinajstić information content (AvgIpc) is 2.38. The minimum absolute atomic E-state index is 0.0311. The summed E-state index contributed by atoms with van der Waals surface area (Å²) in [5, 5.41) is 7.56. The van der Waals surface area contributed by atoms with Crippen LogP contribution in [0.1, 0.15) is 10.4 Å². The van der Waals surface area contributed by atoms with Crippen LogP contribution in [0.15, 0.2) is 47.6 Å². The van der Waals surface area contributed by atoms with Crippen LogP contribution in [0.2, 0.25) is 0 Å². The Bertz CT molecular complexity index is 742. The molecule has 104 valence electrons. The number of carbonyl (C=O) groups excluding carboxylic acids is 1. The maximum Gasteiger partial charge on any atom is 0.259 e. The van der Waals surface area contributed by atoms with Gasteiger partial charge in [-0.3, -0.25) is 9.78 Å². The van der Waals surface area contributed by atoms with E-state index < -0.39 is 15.9 Å². The first-order chi connectivity index (χ1) is 9.38. The highest BCUT2D eigenvalue weighted by molar-refractivity contribution is 7.89. The molecule has 2 aromatic rings. The lowest BCUT2D eigenvalue weighted by Gasteiger charge is -2.07. The predicted octanol–water partition coefficient (Wildman–Crippen LogP) is 0.563. The van der Waals surface area contributed by atoms with Gasteiger partial charge in [0, 0.05) is 23.8 Å². The van der Waals surface area contributed by atoms with Crippen molar-refractivity contribution in [3.05, 3.63) is 48.3 Å². The molecule has 0 aliphatic carbocycles. The van der Waals surface area contributed by atoms with E-state index in [1.165, 1.54) is 42.7 Å². The lowest BCUT2D eigenvalue weighted by Crippen LogP contribution is -2.15. The number of hydrogen-bond donors (Lipinski definition) is 3. The Morgan fingerprint density at radius 2 is 1.80 bits per heavy atom. The van der Waals surface area contributed by atoms with Crippen molar-refractivity contribution in [2.45, 2.75) is 4.90 Å². The Labute approximate surface area is 115 Å². The van der Waals surface area contributed by atoms with E-state index in [0.717, 1.165) is 0 Å². The molecule has 0 aliphatic heterocycles. The molecule has 5 N–H and O–H groups in total. The SMILES string of the molecule is Nc1ccncc1C(=O)Nc1ccc(S(N)(=O)=O)cc1. The molecule has 0 saturated heterocycles. The molecule has 0 spiro atoms. The molecule has 0 radical (unpaired) electrons. The number of hydrogen-bond acceptors (Lipinski definition) is 5. The molecule has 1 aromatic heterocycles. The van der Waals surface area contributed by atoms with Crippen LogP contribution >= 0.6 is 0 Å². The first kappa shape index (κ1) is 14.0. The molecule has 0 bridgehead atoms. The molecular weight excluding hydrogens is 280 g/mol. The number of nitrogens with zero attached hydrogens (tertiary/aromatic N) is 1. The van der Waals surface area contributed by atoms with Crippen molar-refractivity contribution in [1.82, 2.24) is 4.98 Å². The highest BCUT2D eigenvalue weighted by atomic mass is 32.2. The van der Waals surface area contributed by atoms with Crippen LogP contribution in [-0.4, -0.2) is 19.3 Å². The Kier molecular flexibility index (Phi) is 3.68. The Hall–Kier alpha value is -2.45. The summed E-state index contributed by atoms with van der Waals surface area (Å²) < 4.78 is 22.2. The normalized spacial score (nSPS) is 11.1. The number of carbonyl (C=O) groups is 1. The van der Waals surface area contributed by atoms with Gasteiger partial charge in [-0.15, -0.1) is 0 Å². The van der Waals surface area contributed by atoms with Gasteiger partial charge in [-0.2, -0.15) is 0 Å². The van der Waals surface area contributed by atoms with Crippen LogP contribution in [0.4, 0.5) is 11.4 Å².